The van der Waals surface area contributed by atoms with E-state index in [1.165, 1.54) is 4.57 Å². The Morgan fingerprint density at radius 1 is 1.52 bits per heavy atom. The first-order chi connectivity index (χ1) is 11.0. The van der Waals surface area contributed by atoms with Crippen molar-refractivity contribution < 1.29 is 19.7 Å². The number of rotatable bonds is 4. The highest BCUT2D eigenvalue weighted by atomic mass is 32.1. The van der Waals surface area contributed by atoms with Crippen molar-refractivity contribution in [3.05, 3.63) is 32.6 Å². The summed E-state index contributed by atoms with van der Waals surface area (Å²) in [5.41, 5.74) is 2.51. The standard InChI is InChI=1S/C15H12N2O4S2/c1-21-9-2-3-10-8(6-16-11(10)5-9)4-12-14(20)17(7-13(18)19)15(22)23-12/h2-6,20H,7H2,1H3,(H,18,19)/b8-4+. The summed E-state index contributed by atoms with van der Waals surface area (Å²) in [5.74, 6) is -0.494. The van der Waals surface area contributed by atoms with Gasteiger partial charge >= 0.3 is 5.97 Å². The van der Waals surface area contributed by atoms with Crippen LogP contribution in [-0.2, 0) is 11.3 Å². The molecule has 0 fully saturated rings. The lowest BCUT2D eigenvalue weighted by Crippen LogP contribution is -2.07. The number of ether oxygens (including phenoxy) is 1. The van der Waals surface area contributed by atoms with Crippen LogP contribution < -0.4 is 4.74 Å². The van der Waals surface area contributed by atoms with Gasteiger partial charge in [-0.15, -0.1) is 11.3 Å². The highest BCUT2D eigenvalue weighted by Crippen LogP contribution is 2.37. The molecule has 0 saturated heterocycles. The average molecular weight is 348 g/mol. The number of hydrogen-bond donors (Lipinski definition) is 2. The van der Waals surface area contributed by atoms with E-state index in [-0.39, 0.29) is 12.4 Å². The number of fused-ring (bicyclic) bond motifs is 1. The molecule has 3 rings (SSSR count). The van der Waals surface area contributed by atoms with Gasteiger partial charge in [-0.05, 0) is 30.4 Å². The maximum absolute atomic E-state index is 10.8. The number of carbonyl (C=O) groups is 1. The monoisotopic (exact) mass is 348 g/mol. The molecular formula is C15H12N2O4S2. The molecule has 2 N–H and O–H groups in total. The Kier molecular flexibility index (Phi) is 4.01. The first kappa shape index (κ1) is 15.4. The fraction of sp³-hybridized carbons (Fsp3) is 0.133. The van der Waals surface area contributed by atoms with Crippen molar-refractivity contribution in [3.8, 4) is 11.6 Å². The van der Waals surface area contributed by atoms with Crippen molar-refractivity contribution in [2.75, 3.05) is 7.11 Å². The number of methoxy groups -OCH3 is 1. The van der Waals surface area contributed by atoms with E-state index in [9.17, 15) is 9.90 Å². The minimum absolute atomic E-state index is 0.148. The van der Waals surface area contributed by atoms with Crippen molar-refractivity contribution in [2.24, 2.45) is 4.99 Å². The highest BCUT2D eigenvalue weighted by Gasteiger charge is 2.17. The summed E-state index contributed by atoms with van der Waals surface area (Å²) in [6, 6.07) is 5.54. The normalized spacial score (nSPS) is 14.2. The number of aromatic hydroxyl groups is 1. The molecule has 8 heteroatoms. The van der Waals surface area contributed by atoms with Crippen LogP contribution in [0.15, 0.2) is 23.2 Å². The van der Waals surface area contributed by atoms with Crippen molar-refractivity contribution >= 4 is 53.1 Å². The third-order valence-corrected chi connectivity index (χ3v) is 4.72. The van der Waals surface area contributed by atoms with Crippen LogP contribution in [0.3, 0.4) is 0 Å². The zero-order chi connectivity index (χ0) is 16.6. The molecule has 1 aliphatic heterocycles. The Morgan fingerprint density at radius 2 is 2.30 bits per heavy atom. The number of aliphatic imine (C=N–C) groups is 1. The van der Waals surface area contributed by atoms with Crippen LogP contribution >= 0.6 is 23.6 Å². The van der Waals surface area contributed by atoms with E-state index in [4.69, 9.17) is 22.1 Å². The van der Waals surface area contributed by atoms with Gasteiger partial charge in [-0.3, -0.25) is 14.4 Å². The third kappa shape index (κ3) is 2.90. The van der Waals surface area contributed by atoms with Gasteiger partial charge in [0, 0.05) is 23.4 Å². The lowest BCUT2D eigenvalue weighted by molar-refractivity contribution is -0.137. The molecule has 23 heavy (non-hydrogen) atoms. The largest absolute Gasteiger partial charge is 0.497 e. The topological polar surface area (TPSA) is 84.1 Å². The average Bonchev–Trinajstić information content (AvgIpc) is 3.03. The fourth-order valence-electron chi connectivity index (χ4n) is 2.24. The van der Waals surface area contributed by atoms with Crippen molar-refractivity contribution in [1.82, 2.24) is 4.57 Å². The minimum atomic E-state index is -1.06. The van der Waals surface area contributed by atoms with E-state index in [0.29, 0.717) is 14.6 Å². The molecular weight excluding hydrogens is 336 g/mol. The van der Waals surface area contributed by atoms with Crippen LogP contribution in [0.2, 0.25) is 0 Å². The first-order valence-corrected chi connectivity index (χ1v) is 7.80. The van der Waals surface area contributed by atoms with E-state index in [0.717, 1.165) is 28.2 Å². The van der Waals surface area contributed by atoms with Gasteiger partial charge in [-0.25, -0.2) is 0 Å². The summed E-state index contributed by atoms with van der Waals surface area (Å²) in [6.45, 7) is -0.369. The summed E-state index contributed by atoms with van der Waals surface area (Å²) in [5, 5.41) is 19.1. The summed E-state index contributed by atoms with van der Waals surface area (Å²) in [7, 11) is 1.59. The molecule has 0 bridgehead atoms. The number of hydrogen-bond acceptors (Lipinski definition) is 6. The van der Waals surface area contributed by atoms with Crippen LogP contribution in [-0.4, -0.2) is 34.1 Å². The predicted molar refractivity (Wildman–Crippen MR) is 91.5 cm³/mol. The molecule has 0 aliphatic carbocycles. The molecule has 2 heterocycles. The molecule has 1 aromatic heterocycles. The summed E-state index contributed by atoms with van der Waals surface area (Å²) in [6.07, 6.45) is 3.43. The van der Waals surface area contributed by atoms with E-state index < -0.39 is 5.97 Å². The molecule has 1 aromatic carbocycles. The van der Waals surface area contributed by atoms with Gasteiger partial charge in [-0.2, -0.15) is 0 Å². The summed E-state index contributed by atoms with van der Waals surface area (Å²) < 4.78 is 6.66. The van der Waals surface area contributed by atoms with Crippen molar-refractivity contribution in [2.45, 2.75) is 6.54 Å². The van der Waals surface area contributed by atoms with Gasteiger partial charge < -0.3 is 14.9 Å². The zero-order valence-electron chi connectivity index (χ0n) is 12.0. The van der Waals surface area contributed by atoms with E-state index >= 15 is 0 Å². The number of benzene rings is 1. The minimum Gasteiger partial charge on any atom is -0.497 e. The highest BCUT2D eigenvalue weighted by molar-refractivity contribution is 7.73. The molecule has 0 radical (unpaired) electrons. The Balaban J connectivity index is 2.01. The molecule has 2 aromatic rings. The second kappa shape index (κ2) is 5.98. The van der Waals surface area contributed by atoms with Gasteiger partial charge in [0.1, 0.15) is 12.3 Å². The van der Waals surface area contributed by atoms with Gasteiger partial charge in [0.2, 0.25) is 5.88 Å². The van der Waals surface area contributed by atoms with E-state index in [1.54, 1.807) is 19.4 Å². The summed E-state index contributed by atoms with van der Waals surface area (Å²) >= 11 is 6.26. The van der Waals surface area contributed by atoms with Crippen molar-refractivity contribution in [3.63, 3.8) is 0 Å². The lowest BCUT2D eigenvalue weighted by atomic mass is 10.1. The van der Waals surface area contributed by atoms with Crippen LogP contribution in [0, 0.1) is 3.95 Å². The molecule has 1 aliphatic rings. The molecule has 0 atom stereocenters. The molecule has 0 unspecified atom stereocenters. The molecule has 0 amide bonds. The number of nitrogens with zero attached hydrogens (tertiary/aromatic N) is 2. The van der Waals surface area contributed by atoms with Crippen LogP contribution in [0.4, 0.5) is 5.69 Å². The number of thiazole rings is 1. The molecule has 6 nitrogen and oxygen atoms in total. The van der Waals surface area contributed by atoms with Crippen molar-refractivity contribution in [1.29, 1.82) is 0 Å². The Labute approximate surface area is 140 Å². The first-order valence-electron chi connectivity index (χ1n) is 6.58. The van der Waals surface area contributed by atoms with Crippen LogP contribution in [0.25, 0.3) is 11.6 Å². The second-order valence-electron chi connectivity index (χ2n) is 4.78. The number of carboxylic acids is 1. The Morgan fingerprint density at radius 3 is 3.00 bits per heavy atom. The number of carboxylic acid groups (broad SMARTS) is 1. The number of allylic oxidation sites excluding steroid dienone is 1. The van der Waals surface area contributed by atoms with Crippen LogP contribution in [0.5, 0.6) is 11.6 Å². The quantitative estimate of drug-likeness (QED) is 0.828. The van der Waals surface area contributed by atoms with Gasteiger partial charge in [0.15, 0.2) is 3.95 Å². The Bertz CT molecular complexity index is 909. The predicted octanol–water partition coefficient (Wildman–Crippen LogP) is 3.33. The van der Waals surface area contributed by atoms with E-state index in [2.05, 4.69) is 4.99 Å². The van der Waals surface area contributed by atoms with Crippen LogP contribution in [0.1, 0.15) is 10.4 Å². The smallest absolute Gasteiger partial charge is 0.323 e. The summed E-state index contributed by atoms with van der Waals surface area (Å²) in [4.78, 5) is 15.6. The number of aliphatic carboxylic acids is 1. The maximum atomic E-state index is 10.8. The fourth-order valence-corrected chi connectivity index (χ4v) is 3.49. The van der Waals surface area contributed by atoms with E-state index in [1.807, 2.05) is 18.2 Å². The third-order valence-electron chi connectivity index (χ3n) is 3.33. The molecule has 0 spiro atoms. The molecule has 0 saturated carbocycles. The SMILES string of the molecule is COc1ccc2c(c1)N=C/C2=C\c1sc(=S)n(CC(=O)O)c1O. The zero-order valence-corrected chi connectivity index (χ0v) is 13.6. The molecule has 118 valence electrons. The second-order valence-corrected chi connectivity index (χ2v) is 6.45. The van der Waals surface area contributed by atoms with Gasteiger partial charge in [0.05, 0.1) is 17.7 Å². The Hall–Kier alpha value is -2.45. The number of aromatic nitrogens is 1. The van der Waals surface area contributed by atoms with Gasteiger partial charge in [0.25, 0.3) is 0 Å². The lowest BCUT2D eigenvalue weighted by Gasteiger charge is -2.03. The van der Waals surface area contributed by atoms with Gasteiger partial charge in [-0.1, -0.05) is 0 Å². The maximum Gasteiger partial charge on any atom is 0.323 e.